The number of para-hydroxylation sites is 1. The van der Waals surface area contributed by atoms with Crippen LogP contribution in [0.5, 0.6) is 0 Å². The molecule has 0 saturated heterocycles. The molecule has 0 spiro atoms. The first-order valence-corrected chi connectivity index (χ1v) is 10.5. The highest BCUT2D eigenvalue weighted by Gasteiger charge is 2.08. The van der Waals surface area contributed by atoms with Crippen LogP contribution in [0.15, 0.2) is 54.6 Å². The van der Waals surface area contributed by atoms with Crippen molar-refractivity contribution in [2.24, 2.45) is 0 Å². The fraction of sp³-hybridized carbons (Fsp3) is 0.360. The normalized spacial score (nSPS) is 10.9. The molecule has 1 heterocycles. The molecule has 4 nitrogen and oxygen atoms in total. The summed E-state index contributed by atoms with van der Waals surface area (Å²) in [4.78, 5) is 27.3. The summed E-state index contributed by atoms with van der Waals surface area (Å²) in [5.41, 5.74) is 4.21. The molecule has 0 amide bonds. The standard InChI is InChI=1S/C25H29NO3/c1-2-29-25(28)15-6-4-3-5-14-24(27)21-12-9-10-19(16-21)17-22-18-20-11-7-8-13-23(20)26-22/h7-13,16,18,26H,2-6,14-15,17H2,1H3. The summed E-state index contributed by atoms with van der Waals surface area (Å²) in [6.07, 6.45) is 5.39. The number of esters is 1. The maximum Gasteiger partial charge on any atom is 0.305 e. The molecular weight excluding hydrogens is 362 g/mol. The molecule has 1 aromatic heterocycles. The van der Waals surface area contributed by atoms with Gasteiger partial charge in [0.1, 0.15) is 0 Å². The van der Waals surface area contributed by atoms with Crippen LogP contribution < -0.4 is 0 Å². The van der Waals surface area contributed by atoms with Crippen molar-refractivity contribution in [1.82, 2.24) is 4.98 Å². The molecule has 3 rings (SSSR count). The minimum Gasteiger partial charge on any atom is -0.466 e. The highest BCUT2D eigenvalue weighted by molar-refractivity contribution is 5.96. The minimum absolute atomic E-state index is 0.129. The lowest BCUT2D eigenvalue weighted by molar-refractivity contribution is -0.143. The van der Waals surface area contributed by atoms with Gasteiger partial charge in [0.2, 0.25) is 0 Å². The number of hydrogen-bond donors (Lipinski definition) is 1. The Kier molecular flexibility index (Phi) is 7.62. The number of benzene rings is 2. The highest BCUT2D eigenvalue weighted by atomic mass is 16.5. The molecule has 0 aliphatic carbocycles. The summed E-state index contributed by atoms with van der Waals surface area (Å²) in [5, 5.41) is 1.21. The Hall–Kier alpha value is -2.88. The number of hydrogen-bond acceptors (Lipinski definition) is 3. The lowest BCUT2D eigenvalue weighted by atomic mass is 10.0. The number of ketones is 1. The third-order valence-corrected chi connectivity index (χ3v) is 5.07. The van der Waals surface area contributed by atoms with E-state index in [4.69, 9.17) is 4.74 Å². The topological polar surface area (TPSA) is 59.2 Å². The quantitative estimate of drug-likeness (QED) is 0.254. The Morgan fingerprint density at radius 1 is 0.897 bits per heavy atom. The van der Waals surface area contributed by atoms with E-state index in [0.717, 1.165) is 54.4 Å². The Bertz CT molecular complexity index is 924. The zero-order valence-electron chi connectivity index (χ0n) is 17.1. The third-order valence-electron chi connectivity index (χ3n) is 5.07. The van der Waals surface area contributed by atoms with E-state index < -0.39 is 0 Å². The van der Waals surface area contributed by atoms with Gasteiger partial charge < -0.3 is 9.72 Å². The summed E-state index contributed by atoms with van der Waals surface area (Å²) in [7, 11) is 0. The second-order valence-corrected chi connectivity index (χ2v) is 7.40. The fourth-order valence-electron chi connectivity index (χ4n) is 3.59. The van der Waals surface area contributed by atoms with Gasteiger partial charge in [0.15, 0.2) is 5.78 Å². The Morgan fingerprint density at radius 3 is 2.48 bits per heavy atom. The summed E-state index contributed by atoms with van der Waals surface area (Å²) >= 11 is 0. The Morgan fingerprint density at radius 2 is 1.69 bits per heavy atom. The molecule has 0 bridgehead atoms. The first kappa shape index (κ1) is 20.8. The molecule has 0 aliphatic heterocycles. The van der Waals surface area contributed by atoms with Crippen LogP contribution in [0.3, 0.4) is 0 Å². The van der Waals surface area contributed by atoms with Crippen molar-refractivity contribution in [3.8, 4) is 0 Å². The van der Waals surface area contributed by atoms with E-state index in [2.05, 4.69) is 29.2 Å². The summed E-state index contributed by atoms with van der Waals surface area (Å²) in [6.45, 7) is 2.26. The van der Waals surface area contributed by atoms with Gasteiger partial charge in [0.25, 0.3) is 0 Å². The van der Waals surface area contributed by atoms with Gasteiger partial charge in [-0.1, -0.05) is 49.2 Å². The first-order chi connectivity index (χ1) is 14.2. The number of Topliss-reactive ketones (excluding diaryl/α,β-unsaturated/α-hetero) is 1. The lowest BCUT2D eigenvalue weighted by Gasteiger charge is -2.05. The number of carbonyl (C=O) groups excluding carboxylic acids is 2. The monoisotopic (exact) mass is 391 g/mol. The van der Waals surface area contributed by atoms with Gasteiger partial charge in [-0.15, -0.1) is 0 Å². The van der Waals surface area contributed by atoms with Crippen LogP contribution in [0, 0.1) is 0 Å². The zero-order valence-corrected chi connectivity index (χ0v) is 17.1. The Labute approximate surface area is 172 Å². The molecule has 0 atom stereocenters. The molecule has 4 heteroatoms. The second-order valence-electron chi connectivity index (χ2n) is 7.40. The molecule has 2 aromatic carbocycles. The summed E-state index contributed by atoms with van der Waals surface area (Å²) in [6, 6.07) is 18.3. The van der Waals surface area contributed by atoms with E-state index in [1.165, 1.54) is 5.39 Å². The van der Waals surface area contributed by atoms with Crippen molar-refractivity contribution in [1.29, 1.82) is 0 Å². The van der Waals surface area contributed by atoms with Crippen molar-refractivity contribution in [3.63, 3.8) is 0 Å². The van der Waals surface area contributed by atoms with Crippen LogP contribution in [0.25, 0.3) is 10.9 Å². The van der Waals surface area contributed by atoms with Crippen LogP contribution in [-0.2, 0) is 16.0 Å². The van der Waals surface area contributed by atoms with Crippen molar-refractivity contribution in [3.05, 3.63) is 71.4 Å². The van der Waals surface area contributed by atoms with Crippen molar-refractivity contribution >= 4 is 22.7 Å². The number of ether oxygens (including phenoxy) is 1. The molecule has 0 radical (unpaired) electrons. The molecule has 0 aliphatic rings. The number of aromatic amines is 1. The third kappa shape index (κ3) is 6.31. The van der Waals surface area contributed by atoms with Gasteiger partial charge in [-0.05, 0) is 48.9 Å². The predicted octanol–water partition coefficient (Wildman–Crippen LogP) is 5.85. The fourth-order valence-corrected chi connectivity index (χ4v) is 3.59. The molecule has 0 saturated carbocycles. The minimum atomic E-state index is -0.129. The predicted molar refractivity (Wildman–Crippen MR) is 116 cm³/mol. The highest BCUT2D eigenvalue weighted by Crippen LogP contribution is 2.19. The van der Waals surface area contributed by atoms with E-state index in [1.807, 2.05) is 37.3 Å². The van der Waals surface area contributed by atoms with Gasteiger partial charge >= 0.3 is 5.97 Å². The molecule has 3 aromatic rings. The maximum atomic E-state index is 12.5. The van der Waals surface area contributed by atoms with Crippen molar-refractivity contribution < 1.29 is 14.3 Å². The molecule has 0 unspecified atom stereocenters. The average molecular weight is 392 g/mol. The van der Waals surface area contributed by atoms with Crippen LogP contribution in [0.4, 0.5) is 0 Å². The second kappa shape index (κ2) is 10.6. The van der Waals surface area contributed by atoms with Crippen molar-refractivity contribution in [2.45, 2.75) is 51.9 Å². The van der Waals surface area contributed by atoms with E-state index in [9.17, 15) is 9.59 Å². The van der Waals surface area contributed by atoms with E-state index in [1.54, 1.807) is 0 Å². The van der Waals surface area contributed by atoms with E-state index in [-0.39, 0.29) is 11.8 Å². The average Bonchev–Trinajstić information content (AvgIpc) is 3.13. The molecule has 1 N–H and O–H groups in total. The number of fused-ring (bicyclic) bond motifs is 1. The van der Waals surface area contributed by atoms with Crippen molar-refractivity contribution in [2.75, 3.05) is 6.61 Å². The van der Waals surface area contributed by atoms with Gasteiger partial charge in [-0.3, -0.25) is 9.59 Å². The largest absolute Gasteiger partial charge is 0.466 e. The first-order valence-electron chi connectivity index (χ1n) is 10.5. The van der Waals surface area contributed by atoms with Crippen LogP contribution in [-0.4, -0.2) is 23.3 Å². The molecule has 152 valence electrons. The number of rotatable bonds is 11. The van der Waals surface area contributed by atoms with Gasteiger partial charge in [0.05, 0.1) is 6.61 Å². The lowest BCUT2D eigenvalue weighted by Crippen LogP contribution is -2.03. The molecule has 29 heavy (non-hydrogen) atoms. The van der Waals surface area contributed by atoms with Crippen LogP contribution >= 0.6 is 0 Å². The Balaban J connectivity index is 1.46. The van der Waals surface area contributed by atoms with Crippen LogP contribution in [0.2, 0.25) is 0 Å². The van der Waals surface area contributed by atoms with E-state index in [0.29, 0.717) is 19.4 Å². The number of unbranched alkanes of at least 4 members (excludes halogenated alkanes) is 3. The van der Waals surface area contributed by atoms with Crippen LogP contribution in [0.1, 0.15) is 67.1 Å². The zero-order chi connectivity index (χ0) is 20.5. The summed E-state index contributed by atoms with van der Waals surface area (Å²) < 4.78 is 4.92. The number of nitrogens with one attached hydrogen (secondary N) is 1. The van der Waals surface area contributed by atoms with E-state index >= 15 is 0 Å². The smallest absolute Gasteiger partial charge is 0.305 e. The summed E-state index contributed by atoms with van der Waals surface area (Å²) in [5.74, 6) is 0.0595. The SMILES string of the molecule is CCOC(=O)CCCCCCC(=O)c1cccc(Cc2cc3ccccc3[nH]2)c1. The maximum absolute atomic E-state index is 12.5. The van der Waals surface area contributed by atoms with Gasteiger partial charge in [-0.2, -0.15) is 0 Å². The number of aromatic nitrogens is 1. The number of carbonyl (C=O) groups is 2. The van der Waals surface area contributed by atoms with Gasteiger partial charge in [-0.25, -0.2) is 0 Å². The molecular formula is C25H29NO3. The van der Waals surface area contributed by atoms with Gasteiger partial charge in [0, 0.05) is 36.0 Å². The molecule has 0 fully saturated rings. The number of H-pyrrole nitrogens is 1.